The number of nitrogens with one attached hydrogen (secondary N) is 1. The molecule has 3 rings (SSSR count). The zero-order valence-corrected chi connectivity index (χ0v) is 14.8. The molecule has 1 atom stereocenters. The molecule has 1 aromatic heterocycles. The van der Waals surface area contributed by atoms with Crippen molar-refractivity contribution in [3.63, 3.8) is 0 Å². The summed E-state index contributed by atoms with van der Waals surface area (Å²) in [5.41, 5.74) is 4.24. The van der Waals surface area contributed by atoms with Crippen LogP contribution in [0.25, 0.3) is 0 Å². The van der Waals surface area contributed by atoms with E-state index >= 15 is 0 Å². The highest BCUT2D eigenvalue weighted by molar-refractivity contribution is 5.96. The molecule has 1 saturated heterocycles. The zero-order chi connectivity index (χ0) is 17.8. The molecule has 0 spiro atoms. The van der Waals surface area contributed by atoms with Crippen molar-refractivity contribution in [3.05, 3.63) is 47.5 Å². The topological polar surface area (TPSA) is 52.2 Å². The Labute approximate surface area is 147 Å². The Morgan fingerprint density at radius 2 is 2.20 bits per heavy atom. The molecule has 134 valence electrons. The van der Waals surface area contributed by atoms with Gasteiger partial charge in [0.05, 0.1) is 19.5 Å². The number of carbonyl (C=O) groups is 1. The van der Waals surface area contributed by atoms with Gasteiger partial charge in [0.1, 0.15) is 0 Å². The molecule has 2 heterocycles. The van der Waals surface area contributed by atoms with Crippen LogP contribution in [0.1, 0.15) is 29.7 Å². The lowest BCUT2D eigenvalue weighted by atomic mass is 10.0. The Kier molecular flexibility index (Phi) is 5.48. The van der Waals surface area contributed by atoms with Crippen LogP contribution in [0.5, 0.6) is 0 Å². The fraction of sp³-hybridized carbons (Fsp3) is 0.474. The molecule has 0 bridgehead atoms. The molecule has 1 unspecified atom stereocenters. The number of aromatic amines is 1. The quantitative estimate of drug-likeness (QED) is 0.876. The van der Waals surface area contributed by atoms with Crippen LogP contribution in [0.15, 0.2) is 30.7 Å². The predicted octanol–water partition coefficient (Wildman–Crippen LogP) is 2.99. The highest BCUT2D eigenvalue weighted by Gasteiger charge is 2.33. The van der Waals surface area contributed by atoms with E-state index in [1.165, 1.54) is 5.56 Å². The van der Waals surface area contributed by atoms with E-state index < -0.39 is 0 Å². The standard InChI is InChI=1S/C19H25FN4O/c1-14-5-3-7-18(15(14)2)24-11-17(6-4-8-20)23(12-19(24)25)10-16-9-21-13-22-16/h3,5,7,9,13,17H,4,6,8,10-12H2,1-2H3,(H,21,22). The number of hydrogen-bond acceptors (Lipinski definition) is 3. The van der Waals surface area contributed by atoms with Crippen molar-refractivity contribution >= 4 is 11.6 Å². The lowest BCUT2D eigenvalue weighted by Gasteiger charge is -2.41. The Morgan fingerprint density at radius 3 is 2.92 bits per heavy atom. The molecule has 1 amide bonds. The summed E-state index contributed by atoms with van der Waals surface area (Å²) in [7, 11) is 0. The van der Waals surface area contributed by atoms with Crippen LogP contribution in [0.3, 0.4) is 0 Å². The fourth-order valence-electron chi connectivity index (χ4n) is 3.44. The Morgan fingerprint density at radius 1 is 1.36 bits per heavy atom. The van der Waals surface area contributed by atoms with Crippen molar-refractivity contribution in [1.82, 2.24) is 14.9 Å². The first-order chi connectivity index (χ1) is 12.1. The second-order valence-electron chi connectivity index (χ2n) is 6.69. The van der Waals surface area contributed by atoms with Crippen molar-refractivity contribution in [3.8, 4) is 0 Å². The van der Waals surface area contributed by atoms with Gasteiger partial charge in [-0.15, -0.1) is 0 Å². The van der Waals surface area contributed by atoms with Gasteiger partial charge < -0.3 is 9.88 Å². The second-order valence-corrected chi connectivity index (χ2v) is 6.69. The summed E-state index contributed by atoms with van der Waals surface area (Å²) in [5.74, 6) is 0.0877. The summed E-state index contributed by atoms with van der Waals surface area (Å²) in [6, 6.07) is 6.17. The fourth-order valence-corrected chi connectivity index (χ4v) is 3.44. The summed E-state index contributed by atoms with van der Waals surface area (Å²) in [6.45, 7) is 5.33. The van der Waals surface area contributed by atoms with Crippen LogP contribution in [0, 0.1) is 13.8 Å². The molecule has 1 aromatic carbocycles. The van der Waals surface area contributed by atoms with Gasteiger partial charge in [0.25, 0.3) is 0 Å². The third kappa shape index (κ3) is 3.90. The maximum atomic E-state index is 12.8. The van der Waals surface area contributed by atoms with E-state index in [9.17, 15) is 9.18 Å². The molecule has 0 aliphatic carbocycles. The highest BCUT2D eigenvalue weighted by atomic mass is 19.1. The molecular weight excluding hydrogens is 319 g/mol. The minimum absolute atomic E-state index is 0.0877. The molecule has 0 saturated carbocycles. The number of benzene rings is 1. The third-order valence-corrected chi connectivity index (χ3v) is 5.02. The van der Waals surface area contributed by atoms with Crippen LogP contribution in [-0.4, -0.2) is 46.6 Å². The van der Waals surface area contributed by atoms with Gasteiger partial charge in [-0.2, -0.15) is 0 Å². The lowest BCUT2D eigenvalue weighted by Crippen LogP contribution is -2.56. The first-order valence-electron chi connectivity index (χ1n) is 8.74. The van der Waals surface area contributed by atoms with E-state index in [2.05, 4.69) is 27.9 Å². The summed E-state index contributed by atoms with van der Waals surface area (Å²) in [5, 5.41) is 0. The van der Waals surface area contributed by atoms with Crippen molar-refractivity contribution in [1.29, 1.82) is 0 Å². The minimum atomic E-state index is -0.328. The molecule has 5 nitrogen and oxygen atoms in total. The van der Waals surface area contributed by atoms with Gasteiger partial charge in [-0.05, 0) is 43.9 Å². The smallest absolute Gasteiger partial charge is 0.241 e. The van der Waals surface area contributed by atoms with Crippen molar-refractivity contribution in [2.24, 2.45) is 0 Å². The molecule has 1 aliphatic heterocycles. The van der Waals surface area contributed by atoms with E-state index in [-0.39, 0.29) is 18.6 Å². The van der Waals surface area contributed by atoms with Crippen LogP contribution in [0.2, 0.25) is 0 Å². The second kappa shape index (κ2) is 7.78. The van der Waals surface area contributed by atoms with Gasteiger partial charge in [-0.25, -0.2) is 4.98 Å². The monoisotopic (exact) mass is 344 g/mol. The molecule has 2 aromatic rings. The van der Waals surface area contributed by atoms with Crippen LogP contribution >= 0.6 is 0 Å². The van der Waals surface area contributed by atoms with Crippen LogP contribution < -0.4 is 4.90 Å². The van der Waals surface area contributed by atoms with Crippen molar-refractivity contribution in [2.75, 3.05) is 24.7 Å². The number of anilines is 1. The maximum Gasteiger partial charge on any atom is 0.241 e. The summed E-state index contributed by atoms with van der Waals surface area (Å²) < 4.78 is 12.8. The van der Waals surface area contributed by atoms with Gasteiger partial charge in [-0.3, -0.25) is 14.1 Å². The zero-order valence-electron chi connectivity index (χ0n) is 14.8. The van der Waals surface area contributed by atoms with Crippen molar-refractivity contribution < 1.29 is 9.18 Å². The van der Waals surface area contributed by atoms with E-state index in [0.29, 0.717) is 26.1 Å². The number of alkyl halides is 1. The lowest BCUT2D eigenvalue weighted by molar-refractivity contribution is -0.122. The number of imidazole rings is 1. The van der Waals surface area contributed by atoms with Crippen molar-refractivity contribution in [2.45, 2.75) is 39.3 Å². The number of rotatable bonds is 6. The average molecular weight is 344 g/mol. The number of amides is 1. The summed E-state index contributed by atoms with van der Waals surface area (Å²) in [6.07, 6.45) is 4.66. The predicted molar refractivity (Wildman–Crippen MR) is 96.3 cm³/mol. The van der Waals surface area contributed by atoms with E-state index in [4.69, 9.17) is 0 Å². The number of carbonyl (C=O) groups excluding carboxylic acids is 1. The largest absolute Gasteiger partial charge is 0.347 e. The Bertz CT molecular complexity index is 716. The number of piperazine rings is 1. The molecule has 1 fully saturated rings. The molecular formula is C19H25FN4O. The van der Waals surface area contributed by atoms with E-state index in [1.807, 2.05) is 24.0 Å². The number of aryl methyl sites for hydroxylation is 1. The van der Waals surface area contributed by atoms with Gasteiger partial charge in [0.2, 0.25) is 5.91 Å². The van der Waals surface area contributed by atoms with Gasteiger partial charge >= 0.3 is 0 Å². The van der Waals surface area contributed by atoms with Gasteiger partial charge in [-0.1, -0.05) is 12.1 Å². The number of halogens is 1. The van der Waals surface area contributed by atoms with Crippen LogP contribution in [-0.2, 0) is 11.3 Å². The number of aromatic nitrogens is 2. The first kappa shape index (κ1) is 17.6. The summed E-state index contributed by atoms with van der Waals surface area (Å²) >= 11 is 0. The molecule has 1 aliphatic rings. The minimum Gasteiger partial charge on any atom is -0.347 e. The maximum absolute atomic E-state index is 12.8. The Balaban J connectivity index is 1.82. The SMILES string of the molecule is Cc1cccc(N2CC(CCCF)N(Cc3cnc[nH]3)CC2=O)c1C. The number of hydrogen-bond donors (Lipinski definition) is 1. The summed E-state index contributed by atoms with van der Waals surface area (Å²) in [4.78, 5) is 23.9. The average Bonchev–Trinajstić information content (AvgIpc) is 3.10. The van der Waals surface area contributed by atoms with Crippen LogP contribution in [0.4, 0.5) is 10.1 Å². The molecule has 0 radical (unpaired) electrons. The highest BCUT2D eigenvalue weighted by Crippen LogP contribution is 2.27. The normalized spacial score (nSPS) is 18.8. The van der Waals surface area contributed by atoms with Gasteiger partial charge in [0.15, 0.2) is 0 Å². The van der Waals surface area contributed by atoms with E-state index in [0.717, 1.165) is 23.4 Å². The molecule has 6 heteroatoms. The third-order valence-electron chi connectivity index (χ3n) is 5.02. The Hall–Kier alpha value is -2.21. The van der Waals surface area contributed by atoms with Gasteiger partial charge in [0, 0.05) is 36.7 Å². The first-order valence-corrected chi connectivity index (χ1v) is 8.74. The number of H-pyrrole nitrogens is 1. The molecule has 1 N–H and O–H groups in total. The van der Waals surface area contributed by atoms with E-state index in [1.54, 1.807) is 12.5 Å². The molecule has 25 heavy (non-hydrogen) atoms. The number of nitrogens with zero attached hydrogens (tertiary/aromatic N) is 3.